The van der Waals surface area contributed by atoms with Crippen LogP contribution in [0.3, 0.4) is 0 Å². The van der Waals surface area contributed by atoms with Crippen molar-refractivity contribution in [1.82, 2.24) is 14.8 Å². The minimum atomic E-state index is 0.574. The zero-order valence-electron chi connectivity index (χ0n) is 10.6. The quantitative estimate of drug-likeness (QED) is 0.590. The molecule has 0 radical (unpaired) electrons. The molecule has 0 bridgehead atoms. The third kappa shape index (κ3) is 3.15. The van der Waals surface area contributed by atoms with Crippen LogP contribution in [0, 0.1) is 0 Å². The molecule has 2 heterocycles. The molecule has 1 saturated heterocycles. The molecular weight excluding hydrogens is 214 g/mol. The molecule has 1 aromatic rings. The number of aromatic nitrogens is 1. The van der Waals surface area contributed by atoms with Crippen LogP contribution in [0.5, 0.6) is 0 Å². The summed E-state index contributed by atoms with van der Waals surface area (Å²) in [7, 11) is 2.17. The number of nitrogens with two attached hydrogens (primary N) is 1. The number of pyridine rings is 1. The van der Waals surface area contributed by atoms with Gasteiger partial charge in [-0.1, -0.05) is 6.07 Å². The molecule has 2 rings (SSSR count). The Morgan fingerprint density at radius 2 is 2.29 bits per heavy atom. The lowest BCUT2D eigenvalue weighted by Crippen LogP contribution is -2.49. The highest BCUT2D eigenvalue weighted by molar-refractivity contribution is 5.33. The van der Waals surface area contributed by atoms with Gasteiger partial charge in [-0.05, 0) is 26.1 Å². The SMILES string of the molecule is CC1CN(C)CCN1Cc1cccc(NN)n1. The molecule has 1 unspecified atom stereocenters. The zero-order valence-corrected chi connectivity index (χ0v) is 10.6. The number of nitrogens with zero attached hydrogens (tertiary/aromatic N) is 3. The molecule has 17 heavy (non-hydrogen) atoms. The van der Waals surface area contributed by atoms with Crippen molar-refractivity contribution in [3.63, 3.8) is 0 Å². The molecular formula is C12H21N5. The second-order valence-electron chi connectivity index (χ2n) is 4.74. The van der Waals surface area contributed by atoms with Gasteiger partial charge in [-0.15, -0.1) is 0 Å². The standard InChI is InChI=1S/C12H21N5/c1-10-8-16(2)6-7-17(10)9-11-4-3-5-12(14-11)15-13/h3-5,10H,6-9,13H2,1-2H3,(H,14,15). The molecule has 5 heteroatoms. The summed E-state index contributed by atoms with van der Waals surface area (Å²) >= 11 is 0. The van der Waals surface area contributed by atoms with E-state index in [1.54, 1.807) is 0 Å². The van der Waals surface area contributed by atoms with Crippen molar-refractivity contribution in [2.75, 3.05) is 32.1 Å². The molecule has 0 spiro atoms. The first-order valence-electron chi connectivity index (χ1n) is 6.04. The van der Waals surface area contributed by atoms with Crippen LogP contribution in [0.1, 0.15) is 12.6 Å². The van der Waals surface area contributed by atoms with E-state index in [1.807, 2.05) is 18.2 Å². The number of anilines is 1. The number of hydrogen-bond acceptors (Lipinski definition) is 5. The van der Waals surface area contributed by atoms with Gasteiger partial charge in [0.2, 0.25) is 0 Å². The summed E-state index contributed by atoms with van der Waals surface area (Å²) in [5.41, 5.74) is 3.65. The van der Waals surface area contributed by atoms with E-state index >= 15 is 0 Å². The maximum absolute atomic E-state index is 5.36. The Kier molecular flexibility index (Phi) is 3.93. The molecule has 94 valence electrons. The number of rotatable bonds is 3. The van der Waals surface area contributed by atoms with Gasteiger partial charge < -0.3 is 10.3 Å². The lowest BCUT2D eigenvalue weighted by atomic mass is 10.2. The van der Waals surface area contributed by atoms with E-state index in [4.69, 9.17) is 5.84 Å². The van der Waals surface area contributed by atoms with Gasteiger partial charge in [-0.2, -0.15) is 0 Å². The molecule has 1 aromatic heterocycles. The summed E-state index contributed by atoms with van der Waals surface area (Å²) in [6.45, 7) is 6.50. The summed E-state index contributed by atoms with van der Waals surface area (Å²) in [5.74, 6) is 6.09. The van der Waals surface area contributed by atoms with Gasteiger partial charge in [0.05, 0.1) is 5.69 Å². The average molecular weight is 235 g/mol. The Morgan fingerprint density at radius 3 is 3.00 bits per heavy atom. The highest BCUT2D eigenvalue weighted by Gasteiger charge is 2.21. The van der Waals surface area contributed by atoms with Gasteiger partial charge in [-0.25, -0.2) is 10.8 Å². The van der Waals surface area contributed by atoms with Crippen molar-refractivity contribution in [2.45, 2.75) is 19.5 Å². The van der Waals surface area contributed by atoms with Crippen LogP contribution < -0.4 is 11.3 Å². The highest BCUT2D eigenvalue weighted by Crippen LogP contribution is 2.12. The second-order valence-corrected chi connectivity index (χ2v) is 4.74. The van der Waals surface area contributed by atoms with E-state index in [9.17, 15) is 0 Å². The third-order valence-corrected chi connectivity index (χ3v) is 3.29. The number of nitrogens with one attached hydrogen (secondary N) is 1. The van der Waals surface area contributed by atoms with E-state index in [1.165, 1.54) is 0 Å². The Labute approximate surface area is 103 Å². The number of nitrogen functional groups attached to an aromatic ring is 1. The normalized spacial score (nSPS) is 22.6. The van der Waals surface area contributed by atoms with Gasteiger partial charge >= 0.3 is 0 Å². The van der Waals surface area contributed by atoms with Crippen molar-refractivity contribution in [1.29, 1.82) is 0 Å². The van der Waals surface area contributed by atoms with Crippen LogP contribution in [-0.2, 0) is 6.54 Å². The fourth-order valence-corrected chi connectivity index (χ4v) is 2.27. The lowest BCUT2D eigenvalue weighted by Gasteiger charge is -2.38. The minimum Gasteiger partial charge on any atom is -0.308 e. The Bertz CT molecular complexity index is 368. The lowest BCUT2D eigenvalue weighted by molar-refractivity contribution is 0.0927. The average Bonchev–Trinajstić information content (AvgIpc) is 2.33. The molecule has 1 aliphatic heterocycles. The molecule has 5 nitrogen and oxygen atoms in total. The zero-order chi connectivity index (χ0) is 12.3. The van der Waals surface area contributed by atoms with E-state index < -0.39 is 0 Å². The largest absolute Gasteiger partial charge is 0.308 e. The van der Waals surface area contributed by atoms with Crippen molar-refractivity contribution < 1.29 is 0 Å². The van der Waals surface area contributed by atoms with Crippen LogP contribution in [0.4, 0.5) is 5.82 Å². The summed E-state index contributed by atoms with van der Waals surface area (Å²) in [6.07, 6.45) is 0. The van der Waals surface area contributed by atoms with Gasteiger partial charge in [0.1, 0.15) is 5.82 Å². The molecule has 0 aromatic carbocycles. The van der Waals surface area contributed by atoms with Crippen molar-refractivity contribution in [3.05, 3.63) is 23.9 Å². The van der Waals surface area contributed by atoms with E-state index in [0.717, 1.165) is 37.7 Å². The van der Waals surface area contributed by atoms with E-state index in [0.29, 0.717) is 6.04 Å². The van der Waals surface area contributed by atoms with Crippen LogP contribution >= 0.6 is 0 Å². The first-order chi connectivity index (χ1) is 8.19. The fraction of sp³-hybridized carbons (Fsp3) is 0.583. The van der Waals surface area contributed by atoms with Crippen LogP contribution in [0.15, 0.2) is 18.2 Å². The smallest absolute Gasteiger partial charge is 0.140 e. The Morgan fingerprint density at radius 1 is 1.47 bits per heavy atom. The van der Waals surface area contributed by atoms with Crippen LogP contribution in [-0.4, -0.2) is 47.5 Å². The molecule has 0 aliphatic carbocycles. The highest BCUT2D eigenvalue weighted by atomic mass is 15.3. The summed E-state index contributed by atoms with van der Waals surface area (Å²) in [4.78, 5) is 9.28. The molecule has 0 saturated carbocycles. The maximum atomic E-state index is 5.36. The second kappa shape index (κ2) is 5.44. The van der Waals surface area contributed by atoms with Crippen LogP contribution in [0.25, 0.3) is 0 Å². The third-order valence-electron chi connectivity index (χ3n) is 3.29. The molecule has 1 atom stereocenters. The van der Waals surface area contributed by atoms with Crippen molar-refractivity contribution >= 4 is 5.82 Å². The molecule has 1 fully saturated rings. The van der Waals surface area contributed by atoms with Crippen LogP contribution in [0.2, 0.25) is 0 Å². The van der Waals surface area contributed by atoms with Crippen molar-refractivity contribution in [3.8, 4) is 0 Å². The molecule has 3 N–H and O–H groups in total. The Balaban J connectivity index is 2.00. The monoisotopic (exact) mass is 235 g/mol. The van der Waals surface area contributed by atoms with Gasteiger partial charge in [0.15, 0.2) is 0 Å². The maximum Gasteiger partial charge on any atom is 0.140 e. The molecule has 1 aliphatic rings. The van der Waals surface area contributed by atoms with E-state index in [2.05, 4.69) is 34.2 Å². The number of hydrogen-bond donors (Lipinski definition) is 2. The number of hydrazine groups is 1. The molecule has 0 amide bonds. The first-order valence-corrected chi connectivity index (χ1v) is 6.04. The number of likely N-dealkylation sites (N-methyl/N-ethyl adjacent to an activating group) is 1. The fourth-order valence-electron chi connectivity index (χ4n) is 2.27. The van der Waals surface area contributed by atoms with Crippen molar-refractivity contribution in [2.24, 2.45) is 5.84 Å². The predicted octanol–water partition coefficient (Wildman–Crippen LogP) is 0.503. The summed E-state index contributed by atoms with van der Waals surface area (Å²) < 4.78 is 0. The first kappa shape index (κ1) is 12.3. The minimum absolute atomic E-state index is 0.574. The van der Waals surface area contributed by atoms with E-state index in [-0.39, 0.29) is 0 Å². The van der Waals surface area contributed by atoms with Gasteiger partial charge in [0.25, 0.3) is 0 Å². The summed E-state index contributed by atoms with van der Waals surface area (Å²) in [5, 5.41) is 0. The summed E-state index contributed by atoms with van der Waals surface area (Å²) in [6, 6.07) is 6.48. The van der Waals surface area contributed by atoms with Gasteiger partial charge in [0, 0.05) is 32.2 Å². The number of piperazine rings is 1. The topological polar surface area (TPSA) is 57.4 Å². The Hall–Kier alpha value is -1.17. The predicted molar refractivity (Wildman–Crippen MR) is 69.4 cm³/mol. The van der Waals surface area contributed by atoms with Gasteiger partial charge in [-0.3, -0.25) is 4.90 Å².